The van der Waals surface area contributed by atoms with Crippen molar-refractivity contribution in [2.75, 3.05) is 5.32 Å². The molecule has 3 aromatic heterocycles. The van der Waals surface area contributed by atoms with Crippen molar-refractivity contribution in [2.24, 2.45) is 0 Å². The average Bonchev–Trinajstić information content (AvgIpc) is 3.28. The van der Waals surface area contributed by atoms with Gasteiger partial charge in [0.1, 0.15) is 6.54 Å². The van der Waals surface area contributed by atoms with E-state index in [1.54, 1.807) is 17.5 Å². The number of pyridine rings is 1. The van der Waals surface area contributed by atoms with E-state index in [4.69, 9.17) is 11.6 Å². The third-order valence-electron chi connectivity index (χ3n) is 4.75. The minimum atomic E-state index is -4.62. The van der Waals surface area contributed by atoms with Crippen molar-refractivity contribution < 1.29 is 18.0 Å². The van der Waals surface area contributed by atoms with Gasteiger partial charge in [0.15, 0.2) is 5.52 Å². The van der Waals surface area contributed by atoms with Gasteiger partial charge in [-0.05, 0) is 41.8 Å². The Morgan fingerprint density at radius 1 is 1.12 bits per heavy atom. The first-order valence-corrected chi connectivity index (χ1v) is 10.7. The number of nitrogens with one attached hydrogen (secondary N) is 1. The maximum absolute atomic E-state index is 13.1. The highest BCUT2D eigenvalue weighted by Gasteiger charge is 2.31. The zero-order chi connectivity index (χ0) is 23.8. The Balaban J connectivity index is 1.72. The van der Waals surface area contributed by atoms with Crippen LogP contribution >= 0.6 is 22.9 Å². The van der Waals surface area contributed by atoms with Crippen LogP contribution in [0.15, 0.2) is 63.6 Å². The molecule has 0 aliphatic heterocycles. The smallest absolute Gasteiger partial charge is 0.323 e. The van der Waals surface area contributed by atoms with Crippen LogP contribution in [0.25, 0.3) is 11.0 Å². The molecule has 4 aromatic rings. The van der Waals surface area contributed by atoms with Crippen molar-refractivity contribution in [2.45, 2.75) is 19.3 Å². The van der Waals surface area contributed by atoms with E-state index in [1.807, 2.05) is 0 Å². The topological polar surface area (TPSA) is 86.0 Å². The highest BCUT2D eigenvalue weighted by molar-refractivity contribution is 7.09. The summed E-state index contributed by atoms with van der Waals surface area (Å²) in [5, 5.41) is 4.00. The van der Waals surface area contributed by atoms with Gasteiger partial charge in [-0.15, -0.1) is 11.3 Å². The van der Waals surface area contributed by atoms with Crippen molar-refractivity contribution in [1.82, 2.24) is 14.1 Å². The Hall–Kier alpha value is -3.44. The van der Waals surface area contributed by atoms with Gasteiger partial charge >= 0.3 is 11.9 Å². The number of amides is 1. The van der Waals surface area contributed by atoms with Crippen LogP contribution in [0.5, 0.6) is 0 Å². The number of benzene rings is 1. The van der Waals surface area contributed by atoms with Crippen molar-refractivity contribution in [1.29, 1.82) is 0 Å². The van der Waals surface area contributed by atoms with Crippen LogP contribution in [0.1, 0.15) is 10.4 Å². The second-order valence-electron chi connectivity index (χ2n) is 6.95. The van der Waals surface area contributed by atoms with Gasteiger partial charge in [-0.25, -0.2) is 9.78 Å². The summed E-state index contributed by atoms with van der Waals surface area (Å²) in [7, 11) is 0. The van der Waals surface area contributed by atoms with Crippen molar-refractivity contribution in [3.05, 3.63) is 90.3 Å². The highest BCUT2D eigenvalue weighted by Crippen LogP contribution is 2.33. The largest absolute Gasteiger partial charge is 0.416 e. The van der Waals surface area contributed by atoms with Gasteiger partial charge < -0.3 is 5.32 Å². The molecule has 0 saturated carbocycles. The fourth-order valence-electron chi connectivity index (χ4n) is 3.22. The summed E-state index contributed by atoms with van der Waals surface area (Å²) in [5.74, 6) is -0.801. The van der Waals surface area contributed by atoms with Crippen molar-refractivity contribution in [3.8, 4) is 0 Å². The molecule has 0 radical (unpaired) electrons. The summed E-state index contributed by atoms with van der Waals surface area (Å²) in [6, 6.07) is 9.02. The minimum absolute atomic E-state index is 0.0110. The summed E-state index contributed by atoms with van der Waals surface area (Å²) in [4.78, 5) is 43.4. The first kappa shape index (κ1) is 22.7. The fourth-order valence-corrected chi connectivity index (χ4v) is 4.08. The molecule has 0 aliphatic carbocycles. The van der Waals surface area contributed by atoms with Crippen LogP contribution in [-0.2, 0) is 24.1 Å². The van der Waals surface area contributed by atoms with Gasteiger partial charge in [-0.3, -0.25) is 18.7 Å². The van der Waals surface area contributed by atoms with E-state index in [9.17, 15) is 27.6 Å². The Labute approximate surface area is 192 Å². The van der Waals surface area contributed by atoms with Crippen LogP contribution < -0.4 is 16.6 Å². The number of carbonyl (C=O) groups excluding carboxylic acids is 1. The number of rotatable bonds is 5. The molecule has 4 rings (SSSR count). The summed E-state index contributed by atoms with van der Waals surface area (Å²) in [5.41, 5.74) is -2.49. The molecule has 0 unspecified atom stereocenters. The summed E-state index contributed by atoms with van der Waals surface area (Å²) >= 11 is 7.29. The standard InChI is InChI=1S/C21H14ClF3N4O3S/c22-14-6-5-12(21(23,24)25)9-15(14)27-17(30)11-28-16-4-1-7-26-18(16)19(31)29(20(28)32)10-13-3-2-8-33-13/h1-9H,10-11H2,(H,27,30). The van der Waals surface area contributed by atoms with Crippen LogP contribution in [0.3, 0.4) is 0 Å². The Kier molecular flexibility index (Phi) is 6.09. The summed E-state index contributed by atoms with van der Waals surface area (Å²) in [6.07, 6.45) is -3.24. The van der Waals surface area contributed by atoms with E-state index in [-0.39, 0.29) is 28.3 Å². The number of anilines is 1. The number of thiophene rings is 1. The highest BCUT2D eigenvalue weighted by atomic mass is 35.5. The maximum atomic E-state index is 13.1. The van der Waals surface area contributed by atoms with Gasteiger partial charge in [0.2, 0.25) is 5.91 Å². The van der Waals surface area contributed by atoms with E-state index >= 15 is 0 Å². The van der Waals surface area contributed by atoms with E-state index in [1.165, 1.54) is 29.7 Å². The number of carbonyl (C=O) groups is 1. The maximum Gasteiger partial charge on any atom is 0.416 e. The number of fused-ring (bicyclic) bond motifs is 1. The number of hydrogen-bond donors (Lipinski definition) is 1. The summed E-state index contributed by atoms with van der Waals surface area (Å²) in [6.45, 7) is -0.582. The fraction of sp³-hybridized carbons (Fsp3) is 0.143. The molecule has 12 heteroatoms. The molecule has 1 aromatic carbocycles. The normalized spacial score (nSPS) is 11.6. The lowest BCUT2D eigenvalue weighted by Crippen LogP contribution is -2.42. The first-order chi connectivity index (χ1) is 15.6. The third kappa shape index (κ3) is 4.69. The van der Waals surface area contributed by atoms with Gasteiger partial charge in [-0.1, -0.05) is 17.7 Å². The molecule has 170 valence electrons. The second kappa shape index (κ2) is 8.83. The molecule has 1 N–H and O–H groups in total. The van der Waals surface area contributed by atoms with Crippen LogP contribution in [0, 0.1) is 0 Å². The molecule has 33 heavy (non-hydrogen) atoms. The van der Waals surface area contributed by atoms with Gasteiger partial charge in [0.25, 0.3) is 5.56 Å². The molecule has 1 amide bonds. The van der Waals surface area contributed by atoms with Gasteiger partial charge in [0, 0.05) is 11.1 Å². The lowest BCUT2D eigenvalue weighted by atomic mass is 10.2. The SMILES string of the molecule is O=C(Cn1c(=O)n(Cc2cccs2)c(=O)c2ncccc21)Nc1cc(C(F)(F)F)ccc1Cl. The number of aromatic nitrogens is 3. The molecule has 7 nitrogen and oxygen atoms in total. The Morgan fingerprint density at radius 3 is 2.61 bits per heavy atom. The van der Waals surface area contributed by atoms with Crippen LogP contribution in [-0.4, -0.2) is 20.0 Å². The summed E-state index contributed by atoms with van der Waals surface area (Å²) < 4.78 is 41.0. The van der Waals surface area contributed by atoms with Crippen LogP contribution in [0.2, 0.25) is 5.02 Å². The zero-order valence-corrected chi connectivity index (χ0v) is 18.2. The number of alkyl halides is 3. The van der Waals surface area contributed by atoms with E-state index < -0.39 is 35.4 Å². The monoisotopic (exact) mass is 494 g/mol. The van der Waals surface area contributed by atoms with E-state index in [0.717, 1.165) is 26.1 Å². The molecular formula is C21H14ClF3N4O3S. The molecule has 0 fully saturated rings. The Bertz CT molecular complexity index is 1460. The molecule has 0 bridgehead atoms. The van der Waals surface area contributed by atoms with Crippen LogP contribution in [0.4, 0.5) is 18.9 Å². The molecule has 0 spiro atoms. The molecule has 0 saturated heterocycles. The molecule has 3 heterocycles. The van der Waals surface area contributed by atoms with Crippen molar-refractivity contribution >= 4 is 45.6 Å². The number of nitrogens with zero attached hydrogens (tertiary/aromatic N) is 3. The average molecular weight is 495 g/mol. The third-order valence-corrected chi connectivity index (χ3v) is 5.94. The quantitative estimate of drug-likeness (QED) is 0.455. The predicted molar refractivity (Wildman–Crippen MR) is 119 cm³/mol. The zero-order valence-electron chi connectivity index (χ0n) is 16.6. The lowest BCUT2D eigenvalue weighted by molar-refractivity contribution is -0.137. The number of hydrogen-bond acceptors (Lipinski definition) is 5. The van der Waals surface area contributed by atoms with Gasteiger partial charge in [0.05, 0.1) is 28.3 Å². The minimum Gasteiger partial charge on any atom is -0.323 e. The van der Waals surface area contributed by atoms with Crippen molar-refractivity contribution in [3.63, 3.8) is 0 Å². The predicted octanol–water partition coefficient (Wildman–Crippen LogP) is 3.98. The number of halogens is 4. The Morgan fingerprint density at radius 2 is 1.91 bits per heavy atom. The first-order valence-electron chi connectivity index (χ1n) is 9.42. The molecule has 0 atom stereocenters. The second-order valence-corrected chi connectivity index (χ2v) is 8.39. The lowest BCUT2D eigenvalue weighted by Gasteiger charge is -2.14. The molecule has 0 aliphatic rings. The molecular weight excluding hydrogens is 481 g/mol. The van der Waals surface area contributed by atoms with E-state index in [0.29, 0.717) is 6.07 Å². The van der Waals surface area contributed by atoms with E-state index in [2.05, 4.69) is 10.3 Å². The van der Waals surface area contributed by atoms with Gasteiger partial charge in [-0.2, -0.15) is 13.2 Å².